The summed E-state index contributed by atoms with van der Waals surface area (Å²) in [6.45, 7) is 0. The molecule has 0 amide bonds. The van der Waals surface area contributed by atoms with Crippen molar-refractivity contribution in [3.8, 4) is 28.3 Å². The Bertz CT molecular complexity index is 1170. The second-order valence-corrected chi connectivity index (χ2v) is 7.31. The Morgan fingerprint density at radius 3 is 2.16 bits per heavy atom. The molecule has 0 aliphatic carbocycles. The molecule has 0 unspecified atom stereocenters. The van der Waals surface area contributed by atoms with E-state index in [0.717, 1.165) is 11.1 Å². The third kappa shape index (κ3) is 4.41. The number of phenols is 1. The molecule has 0 spiro atoms. The molecule has 0 bridgehead atoms. The maximum absolute atomic E-state index is 13.3. The average Bonchev–Trinajstić information content (AvgIpc) is 3.23. The number of nitrogens with zero attached hydrogens (tertiary/aromatic N) is 2. The largest absolute Gasteiger partial charge is 0.508 e. The first-order valence-electron chi connectivity index (χ1n) is 9.87. The fourth-order valence-electron chi connectivity index (χ4n) is 3.28. The van der Waals surface area contributed by atoms with Gasteiger partial charge in [-0.2, -0.15) is 0 Å². The van der Waals surface area contributed by atoms with Gasteiger partial charge >= 0.3 is 0 Å². The van der Waals surface area contributed by atoms with E-state index < -0.39 is 0 Å². The van der Waals surface area contributed by atoms with Crippen LogP contribution in [0.4, 0.5) is 0 Å². The molecule has 0 saturated heterocycles. The number of allylic oxidation sites excluding steroid dienone is 1. The quantitative estimate of drug-likeness (QED) is 0.336. The molecule has 0 aliphatic heterocycles. The number of Topliss-reactive ketones (excluding diaryl/α,β-unsaturated/α-hetero) is 1. The van der Waals surface area contributed by atoms with Gasteiger partial charge in [-0.3, -0.25) is 4.79 Å². The Kier molecular flexibility index (Phi) is 5.67. The van der Waals surface area contributed by atoms with Crippen molar-refractivity contribution in [3.05, 3.63) is 103 Å². The molecule has 1 heterocycles. The highest BCUT2D eigenvalue weighted by Crippen LogP contribution is 2.35. The predicted molar refractivity (Wildman–Crippen MR) is 121 cm³/mol. The van der Waals surface area contributed by atoms with Gasteiger partial charge in [0.1, 0.15) is 17.0 Å². The Morgan fingerprint density at radius 2 is 1.55 bits per heavy atom. The number of hydrogen-bond donors (Lipinski definition) is 1. The number of benzene rings is 3. The number of aromatic hydroxyl groups is 1. The van der Waals surface area contributed by atoms with Gasteiger partial charge in [0.05, 0.1) is 0 Å². The zero-order chi connectivity index (χ0) is 21.8. The number of ketones is 1. The van der Waals surface area contributed by atoms with E-state index in [2.05, 4.69) is 0 Å². The van der Waals surface area contributed by atoms with E-state index in [1.54, 1.807) is 23.2 Å². The van der Waals surface area contributed by atoms with Crippen LogP contribution in [0.3, 0.4) is 0 Å². The van der Waals surface area contributed by atoms with Gasteiger partial charge in [-0.1, -0.05) is 72.8 Å². The molecule has 5 nitrogen and oxygen atoms in total. The average molecular weight is 410 g/mol. The lowest BCUT2D eigenvalue weighted by Gasteiger charge is -2.09. The maximum atomic E-state index is 13.3. The summed E-state index contributed by atoms with van der Waals surface area (Å²) in [7, 11) is 3.66. The molecule has 4 aromatic rings. The summed E-state index contributed by atoms with van der Waals surface area (Å²) in [4.78, 5) is 19.8. The molecule has 0 aliphatic rings. The third-order valence-corrected chi connectivity index (χ3v) is 4.68. The lowest BCUT2D eigenvalue weighted by Crippen LogP contribution is -2.09. The van der Waals surface area contributed by atoms with Crippen LogP contribution >= 0.6 is 0 Å². The van der Waals surface area contributed by atoms with Crippen molar-refractivity contribution in [2.75, 3.05) is 14.1 Å². The van der Waals surface area contributed by atoms with Crippen molar-refractivity contribution < 1.29 is 14.3 Å². The van der Waals surface area contributed by atoms with Crippen LogP contribution in [0.1, 0.15) is 16.2 Å². The molecule has 3 aromatic carbocycles. The van der Waals surface area contributed by atoms with Crippen molar-refractivity contribution in [1.29, 1.82) is 0 Å². The van der Waals surface area contributed by atoms with E-state index in [4.69, 9.17) is 9.40 Å². The SMILES string of the molecule is CN(C)/C=C(\C(=O)c1cccc(O)c1)c1nc(-c2ccccc2)c(-c2ccccc2)o1. The summed E-state index contributed by atoms with van der Waals surface area (Å²) in [5, 5.41) is 9.82. The monoisotopic (exact) mass is 410 g/mol. The summed E-state index contributed by atoms with van der Waals surface area (Å²) in [6.07, 6.45) is 1.68. The van der Waals surface area contributed by atoms with Crippen molar-refractivity contribution in [1.82, 2.24) is 9.88 Å². The van der Waals surface area contributed by atoms with Crippen LogP contribution in [0.5, 0.6) is 5.75 Å². The molecular weight excluding hydrogens is 388 g/mol. The normalized spacial score (nSPS) is 11.4. The molecule has 4 rings (SSSR count). The Balaban J connectivity index is 1.88. The first kappa shape index (κ1) is 20.2. The van der Waals surface area contributed by atoms with Crippen molar-refractivity contribution in [2.45, 2.75) is 0 Å². The lowest BCUT2D eigenvalue weighted by atomic mass is 10.0. The number of aromatic nitrogens is 1. The lowest BCUT2D eigenvalue weighted by molar-refractivity contribution is 0.105. The summed E-state index contributed by atoms with van der Waals surface area (Å²) in [5.41, 5.74) is 3.08. The van der Waals surface area contributed by atoms with Gasteiger partial charge in [0, 0.05) is 37.0 Å². The predicted octanol–water partition coefficient (Wildman–Crippen LogP) is 5.50. The fraction of sp³-hybridized carbons (Fsp3) is 0.0769. The molecule has 0 fully saturated rings. The van der Waals surface area contributed by atoms with E-state index in [1.807, 2.05) is 74.8 Å². The highest BCUT2D eigenvalue weighted by atomic mass is 16.4. The first-order chi connectivity index (χ1) is 15.0. The Morgan fingerprint density at radius 1 is 0.903 bits per heavy atom. The minimum Gasteiger partial charge on any atom is -0.508 e. The molecular formula is C26H22N2O3. The first-order valence-corrected chi connectivity index (χ1v) is 9.87. The topological polar surface area (TPSA) is 66.6 Å². The van der Waals surface area contributed by atoms with Crippen LogP contribution in [-0.2, 0) is 0 Å². The molecule has 1 N–H and O–H groups in total. The minimum absolute atomic E-state index is 0.0254. The number of carbonyl (C=O) groups excluding carboxylic acids is 1. The van der Waals surface area contributed by atoms with E-state index in [9.17, 15) is 9.90 Å². The Labute approximate surface area is 180 Å². The van der Waals surface area contributed by atoms with E-state index in [1.165, 1.54) is 12.1 Å². The number of hydrogen-bond acceptors (Lipinski definition) is 5. The van der Waals surface area contributed by atoms with Crippen LogP contribution in [0.15, 0.2) is 95.5 Å². The molecule has 154 valence electrons. The smallest absolute Gasteiger partial charge is 0.232 e. The summed E-state index contributed by atoms with van der Waals surface area (Å²) < 4.78 is 6.20. The zero-order valence-corrected chi connectivity index (χ0v) is 17.3. The van der Waals surface area contributed by atoms with Crippen molar-refractivity contribution >= 4 is 11.4 Å². The van der Waals surface area contributed by atoms with Gasteiger partial charge in [0.2, 0.25) is 5.89 Å². The number of oxazole rings is 1. The summed E-state index contributed by atoms with van der Waals surface area (Å²) in [6, 6.07) is 25.7. The summed E-state index contributed by atoms with van der Waals surface area (Å²) in [5.74, 6) is 0.553. The van der Waals surface area contributed by atoms with E-state index in [0.29, 0.717) is 22.6 Å². The molecule has 31 heavy (non-hydrogen) atoms. The molecule has 5 heteroatoms. The van der Waals surface area contributed by atoms with Crippen LogP contribution in [0.2, 0.25) is 0 Å². The van der Waals surface area contributed by atoms with Crippen molar-refractivity contribution in [3.63, 3.8) is 0 Å². The van der Waals surface area contributed by atoms with Crippen molar-refractivity contribution in [2.24, 2.45) is 0 Å². The highest BCUT2D eigenvalue weighted by Gasteiger charge is 2.24. The molecule has 1 aromatic heterocycles. The standard InChI is InChI=1S/C26H22N2O3/c1-28(2)17-22(24(30)20-14-9-15-21(29)16-20)26-27-23(18-10-5-3-6-11-18)25(31-26)19-12-7-4-8-13-19/h3-17,29H,1-2H3/b22-17+. The Hall–Kier alpha value is -4.12. The minimum atomic E-state index is -0.287. The van der Waals surface area contributed by atoms with Crippen LogP contribution in [0.25, 0.3) is 28.2 Å². The van der Waals surface area contributed by atoms with Gasteiger partial charge in [-0.25, -0.2) is 4.98 Å². The number of phenolic OH excluding ortho intramolecular Hbond substituents is 1. The molecule has 0 saturated carbocycles. The number of carbonyl (C=O) groups is 1. The zero-order valence-electron chi connectivity index (χ0n) is 17.3. The van der Waals surface area contributed by atoms with Gasteiger partial charge in [-0.05, 0) is 12.1 Å². The summed E-state index contributed by atoms with van der Waals surface area (Å²) >= 11 is 0. The second kappa shape index (κ2) is 8.71. The third-order valence-electron chi connectivity index (χ3n) is 4.68. The van der Waals surface area contributed by atoms with Crippen LogP contribution < -0.4 is 0 Å². The van der Waals surface area contributed by atoms with Crippen LogP contribution in [-0.4, -0.2) is 34.9 Å². The van der Waals surface area contributed by atoms with E-state index >= 15 is 0 Å². The van der Waals surface area contributed by atoms with E-state index in [-0.39, 0.29) is 17.4 Å². The molecule has 0 atom stereocenters. The van der Waals surface area contributed by atoms with Gasteiger partial charge in [-0.15, -0.1) is 0 Å². The van der Waals surface area contributed by atoms with Crippen LogP contribution in [0, 0.1) is 0 Å². The van der Waals surface area contributed by atoms with Gasteiger partial charge < -0.3 is 14.4 Å². The number of rotatable bonds is 6. The van der Waals surface area contributed by atoms with Gasteiger partial charge in [0.15, 0.2) is 11.5 Å². The molecule has 0 radical (unpaired) electrons. The second-order valence-electron chi connectivity index (χ2n) is 7.31. The van der Waals surface area contributed by atoms with Gasteiger partial charge in [0.25, 0.3) is 0 Å². The fourth-order valence-corrected chi connectivity index (χ4v) is 3.28. The maximum Gasteiger partial charge on any atom is 0.232 e. The highest BCUT2D eigenvalue weighted by molar-refractivity contribution is 6.28.